The number of fused-ring (bicyclic) bond motifs is 2. The molecule has 0 fully saturated rings. The first-order valence-corrected chi connectivity index (χ1v) is 27.2. The van der Waals surface area contributed by atoms with Crippen molar-refractivity contribution in [2.75, 3.05) is 0 Å². The molecule has 0 spiro atoms. The second-order valence-corrected chi connectivity index (χ2v) is 41.9. The number of rotatable bonds is 2. The Bertz CT molecular complexity index is 704. The molecular formula is C19H22Cl2HfSi. The third kappa shape index (κ3) is 3.11. The van der Waals surface area contributed by atoms with Crippen molar-refractivity contribution in [3.63, 3.8) is 0 Å². The van der Waals surface area contributed by atoms with Gasteiger partial charge in [0.1, 0.15) is 0 Å². The summed E-state index contributed by atoms with van der Waals surface area (Å²) in [4.78, 5) is 0. The summed E-state index contributed by atoms with van der Waals surface area (Å²) in [5.41, 5.74) is 6.13. The Morgan fingerprint density at radius 1 is 0.739 bits per heavy atom. The molecule has 0 nitrogen and oxygen atoms in total. The molecule has 2 aromatic carbocycles. The number of halogens is 2. The average Bonchev–Trinajstić information content (AvgIpc) is 3.12. The van der Waals surface area contributed by atoms with E-state index < -0.39 is 19.1 Å². The van der Waals surface area contributed by atoms with Gasteiger partial charge in [0.15, 0.2) is 0 Å². The van der Waals surface area contributed by atoms with Gasteiger partial charge in [-0.25, -0.2) is 0 Å². The van der Waals surface area contributed by atoms with Crippen molar-refractivity contribution in [1.82, 2.24) is 0 Å². The fourth-order valence-corrected chi connectivity index (χ4v) is 25.5. The first-order valence-electron chi connectivity index (χ1n) is 7.72. The van der Waals surface area contributed by atoms with E-state index in [1.165, 1.54) is 18.6 Å². The Balaban J connectivity index is 0.000000960. The molecule has 4 rings (SSSR count). The molecule has 0 N–H and O–H groups in total. The van der Waals surface area contributed by atoms with Crippen LogP contribution in [0.1, 0.15) is 29.6 Å². The van der Waals surface area contributed by atoms with Crippen molar-refractivity contribution in [2.24, 2.45) is 0 Å². The first-order chi connectivity index (χ1) is 10.2. The topological polar surface area (TPSA) is 0 Å². The van der Waals surface area contributed by atoms with Gasteiger partial charge in [-0.3, -0.25) is 0 Å². The van der Waals surface area contributed by atoms with E-state index in [4.69, 9.17) is 0 Å². The van der Waals surface area contributed by atoms with Crippen molar-refractivity contribution in [1.29, 1.82) is 0 Å². The zero-order valence-electron chi connectivity index (χ0n) is 13.4. The minimum absolute atomic E-state index is 0. The predicted molar refractivity (Wildman–Crippen MR) is 107 cm³/mol. The number of hydrogen-bond acceptors (Lipinski definition) is 0. The molecule has 120 valence electrons. The molecule has 2 aliphatic rings. The fraction of sp³-hybridized carbons (Fsp3) is 0.158. The van der Waals surface area contributed by atoms with Crippen molar-refractivity contribution in [3.05, 3.63) is 82.9 Å². The maximum atomic E-state index is 2.69. The van der Waals surface area contributed by atoms with Gasteiger partial charge in [0.25, 0.3) is 0 Å². The average molecular weight is 528 g/mol. The first kappa shape index (κ1) is 18.9. The maximum absolute atomic E-state index is 2.69. The van der Waals surface area contributed by atoms with Crippen LogP contribution in [0, 0.1) is 0 Å². The Morgan fingerprint density at radius 2 is 1.13 bits per heavy atom. The van der Waals surface area contributed by atoms with Crippen LogP contribution in [0.4, 0.5) is 0 Å². The minimum atomic E-state index is -2.39. The van der Waals surface area contributed by atoms with E-state index in [2.05, 4.69) is 77.5 Å². The molecule has 2 aliphatic carbocycles. The van der Waals surface area contributed by atoms with Gasteiger partial charge in [-0.2, -0.15) is 0 Å². The van der Waals surface area contributed by atoms with E-state index >= 15 is 0 Å². The Labute approximate surface area is 157 Å². The summed E-state index contributed by atoms with van der Waals surface area (Å²) in [6, 6.07) is 18.0. The molecule has 0 bridgehead atoms. The molecule has 0 radical (unpaired) electrons. The molecule has 0 heterocycles. The van der Waals surface area contributed by atoms with Crippen LogP contribution in [-0.4, -0.2) is 7.43 Å². The number of allylic oxidation sites excluding steroid dienone is 2. The van der Waals surface area contributed by atoms with E-state index in [0.29, 0.717) is 0 Å². The summed E-state index contributed by atoms with van der Waals surface area (Å²) >= 11 is -2.39. The number of benzene rings is 2. The standard InChI is InChI=1S/2C9H7.CH3.2ClH.Hf.H3Si/c2*1-2-5-9-7-3-6-8(9)4-1;;;;;/h2*1-7H;1H3;2*1H;;1H3. The van der Waals surface area contributed by atoms with Crippen molar-refractivity contribution in [2.45, 2.75) is 12.0 Å². The second kappa shape index (κ2) is 7.22. The summed E-state index contributed by atoms with van der Waals surface area (Å²) in [7, 11) is 1.39. The van der Waals surface area contributed by atoms with Gasteiger partial charge >= 0.3 is 134 Å². The van der Waals surface area contributed by atoms with Gasteiger partial charge in [0, 0.05) is 0 Å². The molecule has 0 saturated heterocycles. The van der Waals surface area contributed by atoms with Crippen molar-refractivity contribution in [3.8, 4) is 0 Å². The van der Waals surface area contributed by atoms with Crippen LogP contribution < -0.4 is 0 Å². The monoisotopic (exact) mass is 528 g/mol. The molecule has 0 amide bonds. The summed E-state index contributed by atoms with van der Waals surface area (Å²) in [6.07, 6.45) is 9.77. The summed E-state index contributed by atoms with van der Waals surface area (Å²) in [6.45, 7) is 0. The van der Waals surface area contributed by atoms with Crippen LogP contribution in [0.2, 0.25) is 4.68 Å². The Hall–Kier alpha value is -0.413. The normalized spacial score (nSPS) is 22.7. The van der Waals surface area contributed by atoms with Gasteiger partial charge in [-0.05, 0) is 0 Å². The molecule has 23 heavy (non-hydrogen) atoms. The molecule has 0 saturated carbocycles. The van der Waals surface area contributed by atoms with E-state index in [0.717, 1.165) is 7.35 Å². The van der Waals surface area contributed by atoms with E-state index in [9.17, 15) is 0 Å². The van der Waals surface area contributed by atoms with Crippen LogP contribution in [-0.2, 0) is 19.1 Å². The SMILES string of the molecule is Cl.Cl.[CH3][Hf]([SiH3])([CH]1C=Cc2ccccc21)[CH]1C=Cc2ccccc21. The molecule has 0 aliphatic heterocycles. The molecule has 0 aromatic heterocycles. The summed E-state index contributed by atoms with van der Waals surface area (Å²) < 4.78 is 4.22. The van der Waals surface area contributed by atoms with Gasteiger partial charge in [0.05, 0.1) is 0 Å². The summed E-state index contributed by atoms with van der Waals surface area (Å²) in [5, 5.41) is 0. The zero-order valence-corrected chi connectivity index (χ0v) is 20.6. The van der Waals surface area contributed by atoms with Crippen LogP contribution in [0.5, 0.6) is 0 Å². The predicted octanol–water partition coefficient (Wildman–Crippen LogP) is 4.85. The fourth-order valence-electron chi connectivity index (χ4n) is 3.99. The zero-order chi connectivity index (χ0) is 14.4. The molecule has 2 aromatic rings. The Kier molecular flexibility index (Phi) is 5.94. The van der Waals surface area contributed by atoms with Crippen molar-refractivity contribution < 1.29 is 19.1 Å². The van der Waals surface area contributed by atoms with E-state index in [-0.39, 0.29) is 24.8 Å². The number of hydrogen-bond donors (Lipinski definition) is 0. The Morgan fingerprint density at radius 3 is 1.57 bits per heavy atom. The van der Waals surface area contributed by atoms with Crippen LogP contribution in [0.25, 0.3) is 12.2 Å². The summed E-state index contributed by atoms with van der Waals surface area (Å²) in [5.74, 6) is 0. The van der Waals surface area contributed by atoms with Crippen molar-refractivity contribution >= 4 is 44.4 Å². The third-order valence-electron chi connectivity index (χ3n) is 5.20. The second-order valence-electron chi connectivity index (χ2n) is 6.75. The van der Waals surface area contributed by atoms with Crippen LogP contribution in [0.3, 0.4) is 0 Å². The quantitative estimate of drug-likeness (QED) is 0.490. The van der Waals surface area contributed by atoms with Crippen LogP contribution in [0.15, 0.2) is 60.7 Å². The van der Waals surface area contributed by atoms with Gasteiger partial charge in [-0.1, -0.05) is 0 Å². The van der Waals surface area contributed by atoms with Gasteiger partial charge in [-0.15, -0.1) is 24.8 Å². The molecular weight excluding hydrogens is 506 g/mol. The van der Waals surface area contributed by atoms with E-state index in [1.807, 2.05) is 0 Å². The van der Waals surface area contributed by atoms with Gasteiger partial charge in [0.2, 0.25) is 0 Å². The molecule has 2 unspecified atom stereocenters. The van der Waals surface area contributed by atoms with Gasteiger partial charge < -0.3 is 0 Å². The van der Waals surface area contributed by atoms with Crippen LogP contribution >= 0.6 is 24.8 Å². The molecule has 4 heteroatoms. The van der Waals surface area contributed by atoms with E-state index in [1.54, 1.807) is 11.1 Å². The third-order valence-corrected chi connectivity index (χ3v) is 30.5. The molecule has 2 atom stereocenters.